The van der Waals surface area contributed by atoms with Gasteiger partial charge in [-0.2, -0.15) is 0 Å². The van der Waals surface area contributed by atoms with Gasteiger partial charge < -0.3 is 4.74 Å². The van der Waals surface area contributed by atoms with Crippen LogP contribution in [0.3, 0.4) is 0 Å². The third-order valence-electron chi connectivity index (χ3n) is 2.50. The third-order valence-corrected chi connectivity index (χ3v) is 3.83. The van der Waals surface area contributed by atoms with E-state index in [2.05, 4.69) is 6.58 Å². The summed E-state index contributed by atoms with van der Waals surface area (Å²) in [6.45, 7) is 5.36. The molecule has 1 rings (SSSR count). The van der Waals surface area contributed by atoms with Crippen LogP contribution in [0, 0.1) is 17.0 Å². The summed E-state index contributed by atoms with van der Waals surface area (Å²) in [4.78, 5) is 9.69. The molecule has 0 radical (unpaired) electrons. The molecule has 0 aliphatic rings. The lowest BCUT2D eigenvalue weighted by atomic mass is 10.2. The molecule has 0 bridgehead atoms. The zero-order valence-corrected chi connectivity index (χ0v) is 12.4. The van der Waals surface area contributed by atoms with Crippen molar-refractivity contribution in [2.45, 2.75) is 24.7 Å². The molecule has 0 aromatic heterocycles. The summed E-state index contributed by atoms with van der Waals surface area (Å²) < 4.78 is 28.4. The number of aryl methyl sites for hydroxylation is 1. The molecule has 0 spiro atoms. The van der Waals surface area contributed by atoms with Gasteiger partial charge in [0.25, 0.3) is 14.7 Å². The molecule has 0 saturated heterocycles. The van der Waals surface area contributed by atoms with Crippen LogP contribution in [-0.4, -0.2) is 19.9 Å². The first-order chi connectivity index (χ1) is 9.27. The predicted molar refractivity (Wildman–Crippen MR) is 75.8 cm³/mol. The van der Waals surface area contributed by atoms with Gasteiger partial charge in [0.15, 0.2) is 0 Å². The van der Waals surface area contributed by atoms with Crippen LogP contribution in [0.4, 0.5) is 5.69 Å². The Kier molecular flexibility index (Phi) is 5.52. The quantitative estimate of drug-likeness (QED) is 0.253. The number of nitro groups is 1. The summed E-state index contributed by atoms with van der Waals surface area (Å²) in [6.07, 6.45) is 3.09. The van der Waals surface area contributed by atoms with Crippen LogP contribution in [0.1, 0.15) is 18.4 Å². The Balaban J connectivity index is 3.21. The summed E-state index contributed by atoms with van der Waals surface area (Å²) in [5, 5.41) is 10.8. The van der Waals surface area contributed by atoms with Gasteiger partial charge in [0, 0.05) is 22.8 Å². The molecule has 8 heteroatoms. The number of hydrogen-bond donors (Lipinski definition) is 0. The van der Waals surface area contributed by atoms with Crippen molar-refractivity contribution in [1.82, 2.24) is 0 Å². The van der Waals surface area contributed by atoms with Crippen molar-refractivity contribution >= 4 is 25.4 Å². The van der Waals surface area contributed by atoms with Gasteiger partial charge in [0.1, 0.15) is 10.6 Å². The van der Waals surface area contributed by atoms with Crippen molar-refractivity contribution in [2.75, 3.05) is 6.61 Å². The van der Waals surface area contributed by atoms with E-state index in [1.807, 2.05) is 0 Å². The fourth-order valence-electron chi connectivity index (χ4n) is 1.60. The molecule has 0 atom stereocenters. The minimum absolute atomic E-state index is 0.0506. The largest absolute Gasteiger partial charge is 0.492 e. The minimum atomic E-state index is -4.13. The molecule has 0 unspecified atom stereocenters. The van der Waals surface area contributed by atoms with E-state index in [9.17, 15) is 18.5 Å². The van der Waals surface area contributed by atoms with Crippen molar-refractivity contribution in [1.29, 1.82) is 0 Å². The van der Waals surface area contributed by atoms with Crippen LogP contribution in [0.2, 0.25) is 0 Å². The van der Waals surface area contributed by atoms with Gasteiger partial charge in [-0.15, -0.1) is 6.58 Å². The van der Waals surface area contributed by atoms with Crippen LogP contribution in [0.15, 0.2) is 29.7 Å². The molecule has 6 nitrogen and oxygen atoms in total. The summed E-state index contributed by atoms with van der Waals surface area (Å²) in [7, 11) is 1.17. The van der Waals surface area contributed by atoms with E-state index in [0.29, 0.717) is 12.0 Å². The van der Waals surface area contributed by atoms with Crippen molar-refractivity contribution in [3.8, 4) is 5.75 Å². The maximum absolute atomic E-state index is 11.5. The fourth-order valence-corrected chi connectivity index (χ4v) is 2.64. The van der Waals surface area contributed by atoms with E-state index < -0.39 is 14.0 Å². The first-order valence-electron chi connectivity index (χ1n) is 5.74. The van der Waals surface area contributed by atoms with E-state index in [1.165, 1.54) is 13.0 Å². The summed E-state index contributed by atoms with van der Waals surface area (Å²) in [6, 6.07) is 2.15. The molecular weight excluding hydrogens is 306 g/mol. The van der Waals surface area contributed by atoms with Gasteiger partial charge in [0.2, 0.25) is 0 Å². The Bertz CT molecular complexity index is 627. The normalized spacial score (nSPS) is 11.1. The topological polar surface area (TPSA) is 86.5 Å². The molecule has 1 aromatic carbocycles. The number of ether oxygens (including phenoxy) is 1. The van der Waals surface area contributed by atoms with Crippen LogP contribution >= 0.6 is 10.7 Å². The second-order valence-electron chi connectivity index (χ2n) is 4.06. The molecule has 20 heavy (non-hydrogen) atoms. The number of hydrogen-bond acceptors (Lipinski definition) is 5. The number of unbranched alkanes of at least 4 members (excludes halogenated alkanes) is 1. The van der Waals surface area contributed by atoms with E-state index in [1.54, 1.807) is 6.08 Å². The number of benzene rings is 1. The number of non-ortho nitro benzene ring substituents is 1. The Labute approximate surface area is 121 Å². The van der Waals surface area contributed by atoms with E-state index in [0.717, 1.165) is 12.5 Å². The average molecular weight is 320 g/mol. The molecule has 0 aliphatic carbocycles. The first-order valence-corrected chi connectivity index (χ1v) is 8.05. The van der Waals surface area contributed by atoms with Gasteiger partial charge in [-0.25, -0.2) is 8.42 Å². The second kappa shape index (κ2) is 6.71. The third kappa shape index (κ3) is 4.21. The molecular formula is C12H14ClNO5S. The van der Waals surface area contributed by atoms with E-state index in [-0.39, 0.29) is 22.9 Å². The van der Waals surface area contributed by atoms with E-state index in [4.69, 9.17) is 15.4 Å². The lowest BCUT2D eigenvalue weighted by Gasteiger charge is -2.12. The fraction of sp³-hybridized carbons (Fsp3) is 0.333. The SMILES string of the molecule is C=CCCCOc1c(C)cc([N+](=O)[O-])cc1S(=O)(=O)Cl. The van der Waals surface area contributed by atoms with Gasteiger partial charge in [-0.05, 0) is 25.3 Å². The zero-order chi connectivity index (χ0) is 15.3. The lowest BCUT2D eigenvalue weighted by Crippen LogP contribution is -2.05. The van der Waals surface area contributed by atoms with Crippen LogP contribution in [-0.2, 0) is 9.05 Å². The molecule has 1 aromatic rings. The zero-order valence-electron chi connectivity index (χ0n) is 10.8. The molecule has 110 valence electrons. The molecule has 0 fully saturated rings. The number of nitrogens with zero attached hydrogens (tertiary/aromatic N) is 1. The first kappa shape index (κ1) is 16.5. The van der Waals surface area contributed by atoms with Gasteiger partial charge in [-0.1, -0.05) is 6.08 Å². The maximum Gasteiger partial charge on any atom is 0.271 e. The van der Waals surface area contributed by atoms with Crippen molar-refractivity contribution < 1.29 is 18.1 Å². The number of halogens is 1. The molecule has 0 aliphatic heterocycles. The van der Waals surface area contributed by atoms with Crippen molar-refractivity contribution in [3.05, 3.63) is 40.5 Å². The highest BCUT2D eigenvalue weighted by molar-refractivity contribution is 8.13. The highest BCUT2D eigenvalue weighted by Crippen LogP contribution is 2.34. The second-order valence-corrected chi connectivity index (χ2v) is 6.60. The Hall–Kier alpha value is -1.60. The van der Waals surface area contributed by atoms with Gasteiger partial charge in [0.05, 0.1) is 11.5 Å². The standard InChI is InChI=1S/C12H14ClNO5S/c1-3-4-5-6-19-12-9(2)7-10(14(15)16)8-11(12)20(13,17)18/h3,7-8H,1,4-6H2,2H3. The van der Waals surface area contributed by atoms with Gasteiger partial charge in [-0.3, -0.25) is 10.1 Å². The number of rotatable bonds is 7. The molecule has 0 heterocycles. The number of allylic oxidation sites excluding steroid dienone is 1. The maximum atomic E-state index is 11.5. The molecule has 0 saturated carbocycles. The Morgan fingerprint density at radius 2 is 2.15 bits per heavy atom. The molecule has 0 N–H and O–H groups in total. The van der Waals surface area contributed by atoms with Crippen molar-refractivity contribution in [3.63, 3.8) is 0 Å². The van der Waals surface area contributed by atoms with Gasteiger partial charge >= 0.3 is 0 Å². The predicted octanol–water partition coefficient (Wildman–Crippen LogP) is 3.18. The van der Waals surface area contributed by atoms with Crippen molar-refractivity contribution in [2.24, 2.45) is 0 Å². The Morgan fingerprint density at radius 1 is 1.50 bits per heavy atom. The average Bonchev–Trinajstić information content (AvgIpc) is 2.34. The summed E-state index contributed by atoms with van der Waals surface area (Å²) >= 11 is 0. The lowest BCUT2D eigenvalue weighted by molar-refractivity contribution is -0.385. The smallest absolute Gasteiger partial charge is 0.271 e. The highest BCUT2D eigenvalue weighted by atomic mass is 35.7. The van der Waals surface area contributed by atoms with Crippen LogP contribution in [0.25, 0.3) is 0 Å². The van der Waals surface area contributed by atoms with Crippen LogP contribution in [0.5, 0.6) is 5.75 Å². The van der Waals surface area contributed by atoms with E-state index >= 15 is 0 Å². The monoisotopic (exact) mass is 319 g/mol. The minimum Gasteiger partial charge on any atom is -0.492 e. The summed E-state index contributed by atoms with van der Waals surface area (Å²) in [5.74, 6) is 0.0506. The number of nitro benzene ring substituents is 1. The molecule has 0 amide bonds. The highest BCUT2D eigenvalue weighted by Gasteiger charge is 2.23. The summed E-state index contributed by atoms with van der Waals surface area (Å²) in [5.41, 5.74) is -0.00260. The Morgan fingerprint density at radius 3 is 2.65 bits per heavy atom. The van der Waals surface area contributed by atoms with Crippen LogP contribution < -0.4 is 4.74 Å².